The molecular formula is C18H11NO2. The van der Waals surface area contributed by atoms with Gasteiger partial charge >= 0.3 is 0 Å². The molecule has 0 saturated carbocycles. The summed E-state index contributed by atoms with van der Waals surface area (Å²) in [5, 5.41) is 2.58. The molecule has 0 unspecified atom stereocenters. The van der Waals surface area contributed by atoms with E-state index < -0.39 is 0 Å². The van der Waals surface area contributed by atoms with Crippen LogP contribution in [0.3, 0.4) is 0 Å². The second kappa shape index (κ2) is 4.56. The molecule has 0 aliphatic rings. The van der Waals surface area contributed by atoms with Crippen molar-refractivity contribution in [2.24, 2.45) is 0 Å². The molecule has 100 valence electrons. The molecule has 0 aliphatic heterocycles. The SMILES string of the molecule is O=c1cc(-c2cccnc2)oc2ccc3ccccc3c12. The Balaban J connectivity index is 2.09. The van der Waals surface area contributed by atoms with Gasteiger partial charge in [0.2, 0.25) is 0 Å². The van der Waals surface area contributed by atoms with E-state index in [9.17, 15) is 4.79 Å². The van der Waals surface area contributed by atoms with Crippen molar-refractivity contribution < 1.29 is 4.42 Å². The van der Waals surface area contributed by atoms with Crippen molar-refractivity contribution >= 4 is 21.7 Å². The Morgan fingerprint density at radius 1 is 0.952 bits per heavy atom. The minimum Gasteiger partial charge on any atom is -0.456 e. The van der Waals surface area contributed by atoms with Crippen molar-refractivity contribution in [3.63, 3.8) is 0 Å². The number of hydrogen-bond acceptors (Lipinski definition) is 3. The van der Waals surface area contributed by atoms with Gasteiger partial charge in [-0.15, -0.1) is 0 Å². The lowest BCUT2D eigenvalue weighted by atomic mass is 10.0. The van der Waals surface area contributed by atoms with Gasteiger partial charge < -0.3 is 4.42 Å². The number of hydrogen-bond donors (Lipinski definition) is 0. The summed E-state index contributed by atoms with van der Waals surface area (Å²) in [7, 11) is 0. The lowest BCUT2D eigenvalue weighted by Crippen LogP contribution is -2.01. The number of benzene rings is 2. The fraction of sp³-hybridized carbons (Fsp3) is 0. The molecule has 0 spiro atoms. The average molecular weight is 273 g/mol. The zero-order valence-electron chi connectivity index (χ0n) is 11.1. The summed E-state index contributed by atoms with van der Waals surface area (Å²) in [6, 6.07) is 16.9. The number of aromatic nitrogens is 1. The number of fused-ring (bicyclic) bond motifs is 3. The summed E-state index contributed by atoms with van der Waals surface area (Å²) in [4.78, 5) is 16.6. The normalized spacial score (nSPS) is 11.0. The number of nitrogens with zero attached hydrogens (tertiary/aromatic N) is 1. The standard InChI is InChI=1S/C18H11NO2/c20-15-10-17(13-5-3-9-19-11-13)21-16-8-7-12-4-1-2-6-14(12)18(15)16/h1-11H. The molecule has 4 aromatic rings. The lowest BCUT2D eigenvalue weighted by Gasteiger charge is -2.05. The van der Waals surface area contributed by atoms with Crippen LogP contribution in [0.15, 0.2) is 76.2 Å². The molecule has 0 radical (unpaired) electrons. The Hall–Kier alpha value is -2.94. The van der Waals surface area contributed by atoms with Gasteiger partial charge in [-0.2, -0.15) is 0 Å². The lowest BCUT2D eigenvalue weighted by molar-refractivity contribution is 0.619. The fourth-order valence-corrected chi connectivity index (χ4v) is 2.58. The molecule has 0 N–H and O–H groups in total. The van der Waals surface area contributed by atoms with E-state index >= 15 is 0 Å². The third kappa shape index (κ3) is 1.91. The molecule has 0 aliphatic carbocycles. The highest BCUT2D eigenvalue weighted by Gasteiger charge is 2.09. The highest BCUT2D eigenvalue weighted by molar-refractivity contribution is 6.05. The number of pyridine rings is 1. The van der Waals surface area contributed by atoms with E-state index in [-0.39, 0.29) is 5.43 Å². The second-order valence-electron chi connectivity index (χ2n) is 4.88. The van der Waals surface area contributed by atoms with Gasteiger partial charge in [0.25, 0.3) is 0 Å². The van der Waals surface area contributed by atoms with Crippen LogP contribution in [0.5, 0.6) is 0 Å². The highest BCUT2D eigenvalue weighted by atomic mass is 16.3. The zero-order valence-corrected chi connectivity index (χ0v) is 11.1. The Labute approximate surface area is 120 Å². The number of rotatable bonds is 1. The summed E-state index contributed by atoms with van der Waals surface area (Å²) in [5.74, 6) is 0.538. The molecule has 4 rings (SSSR count). The Morgan fingerprint density at radius 2 is 1.86 bits per heavy atom. The third-order valence-electron chi connectivity index (χ3n) is 3.57. The molecule has 0 bridgehead atoms. The Kier molecular flexibility index (Phi) is 2.57. The van der Waals surface area contributed by atoms with Gasteiger partial charge in [0, 0.05) is 24.0 Å². The minimum absolute atomic E-state index is 0.0353. The van der Waals surface area contributed by atoms with E-state index in [1.165, 1.54) is 6.07 Å². The average Bonchev–Trinajstić information content (AvgIpc) is 2.55. The van der Waals surface area contributed by atoms with Gasteiger partial charge in [0.1, 0.15) is 11.3 Å². The minimum atomic E-state index is -0.0353. The quantitative estimate of drug-likeness (QED) is 0.492. The second-order valence-corrected chi connectivity index (χ2v) is 4.88. The zero-order chi connectivity index (χ0) is 14.2. The predicted molar refractivity (Wildman–Crippen MR) is 83.2 cm³/mol. The molecule has 2 aromatic carbocycles. The van der Waals surface area contributed by atoms with E-state index in [0.717, 1.165) is 16.3 Å². The van der Waals surface area contributed by atoms with Crippen LogP contribution in [0.25, 0.3) is 33.1 Å². The molecule has 3 nitrogen and oxygen atoms in total. The highest BCUT2D eigenvalue weighted by Crippen LogP contribution is 2.26. The summed E-state index contributed by atoms with van der Waals surface area (Å²) in [6.07, 6.45) is 3.38. The van der Waals surface area contributed by atoms with Crippen LogP contribution in [-0.4, -0.2) is 4.98 Å². The van der Waals surface area contributed by atoms with E-state index in [1.807, 2.05) is 48.5 Å². The van der Waals surface area contributed by atoms with Crippen molar-refractivity contribution in [3.05, 3.63) is 77.2 Å². The first-order valence-corrected chi connectivity index (χ1v) is 6.69. The molecule has 0 saturated heterocycles. The van der Waals surface area contributed by atoms with Gasteiger partial charge in [-0.05, 0) is 29.0 Å². The molecule has 0 fully saturated rings. The monoisotopic (exact) mass is 273 g/mol. The van der Waals surface area contributed by atoms with Gasteiger partial charge in [0.05, 0.1) is 5.39 Å². The molecular weight excluding hydrogens is 262 g/mol. The Bertz CT molecular complexity index is 1000. The van der Waals surface area contributed by atoms with Crippen molar-refractivity contribution in [2.45, 2.75) is 0 Å². The van der Waals surface area contributed by atoms with Gasteiger partial charge in [-0.25, -0.2) is 0 Å². The topological polar surface area (TPSA) is 43.1 Å². The maximum atomic E-state index is 12.5. The molecule has 2 heterocycles. The maximum Gasteiger partial charge on any atom is 0.193 e. The van der Waals surface area contributed by atoms with Crippen LogP contribution >= 0.6 is 0 Å². The van der Waals surface area contributed by atoms with Crippen LogP contribution in [0, 0.1) is 0 Å². The summed E-state index contributed by atoms with van der Waals surface area (Å²) >= 11 is 0. The van der Waals surface area contributed by atoms with Crippen LogP contribution in [-0.2, 0) is 0 Å². The first-order chi connectivity index (χ1) is 10.3. The van der Waals surface area contributed by atoms with Crippen LogP contribution in [0.2, 0.25) is 0 Å². The van der Waals surface area contributed by atoms with E-state index in [0.29, 0.717) is 16.7 Å². The summed E-state index contributed by atoms with van der Waals surface area (Å²) in [5.41, 5.74) is 1.36. The van der Waals surface area contributed by atoms with E-state index in [4.69, 9.17) is 4.42 Å². The van der Waals surface area contributed by atoms with Crippen molar-refractivity contribution in [3.8, 4) is 11.3 Å². The molecule has 2 aromatic heterocycles. The van der Waals surface area contributed by atoms with E-state index in [2.05, 4.69) is 4.98 Å². The first-order valence-electron chi connectivity index (χ1n) is 6.69. The van der Waals surface area contributed by atoms with Crippen molar-refractivity contribution in [1.82, 2.24) is 4.98 Å². The predicted octanol–water partition coefficient (Wildman–Crippen LogP) is 4.01. The molecule has 0 atom stereocenters. The van der Waals surface area contributed by atoms with Crippen molar-refractivity contribution in [2.75, 3.05) is 0 Å². The Morgan fingerprint density at radius 3 is 2.71 bits per heavy atom. The molecule has 0 amide bonds. The van der Waals surface area contributed by atoms with Crippen molar-refractivity contribution in [1.29, 1.82) is 0 Å². The summed E-state index contributed by atoms with van der Waals surface area (Å²) < 4.78 is 5.90. The maximum absolute atomic E-state index is 12.5. The van der Waals surface area contributed by atoms with Gasteiger partial charge in [-0.1, -0.05) is 30.3 Å². The van der Waals surface area contributed by atoms with E-state index in [1.54, 1.807) is 12.4 Å². The smallest absolute Gasteiger partial charge is 0.193 e. The van der Waals surface area contributed by atoms with Gasteiger partial charge in [-0.3, -0.25) is 9.78 Å². The third-order valence-corrected chi connectivity index (χ3v) is 3.57. The summed E-state index contributed by atoms with van der Waals surface area (Å²) in [6.45, 7) is 0. The van der Waals surface area contributed by atoms with Crippen LogP contribution < -0.4 is 5.43 Å². The molecule has 3 heteroatoms. The molecule has 21 heavy (non-hydrogen) atoms. The van der Waals surface area contributed by atoms with Gasteiger partial charge in [0.15, 0.2) is 5.43 Å². The largest absolute Gasteiger partial charge is 0.456 e. The van der Waals surface area contributed by atoms with Crippen LogP contribution in [0.4, 0.5) is 0 Å². The fourth-order valence-electron chi connectivity index (χ4n) is 2.58. The van der Waals surface area contributed by atoms with Crippen LogP contribution in [0.1, 0.15) is 0 Å². The first kappa shape index (κ1) is 11.9.